The number of aliphatic hydroxyl groups excluding tert-OH is 1. The van der Waals surface area contributed by atoms with Gasteiger partial charge in [0.1, 0.15) is 23.5 Å². The first-order chi connectivity index (χ1) is 10.9. The minimum atomic E-state index is -0.853. The summed E-state index contributed by atoms with van der Waals surface area (Å²) in [6.07, 6.45) is -0.853. The normalized spacial score (nSPS) is 12.0. The number of carbonyl (C=O) groups is 1. The van der Waals surface area contributed by atoms with Crippen molar-refractivity contribution in [1.29, 1.82) is 0 Å². The molecule has 7 heteroatoms. The number of amides is 1. The van der Waals surface area contributed by atoms with Crippen molar-refractivity contribution < 1.29 is 14.6 Å². The number of carbonyl (C=O) groups excluding carboxylic acids is 1. The number of hydrogen-bond acceptors (Lipinski definition) is 4. The van der Waals surface area contributed by atoms with Crippen molar-refractivity contribution in [3.8, 4) is 5.75 Å². The molecule has 0 saturated heterocycles. The molecular formula is C16H17Cl2NO3S. The van der Waals surface area contributed by atoms with Crippen LogP contribution in [0.5, 0.6) is 5.75 Å². The van der Waals surface area contributed by atoms with Crippen LogP contribution in [-0.2, 0) is 0 Å². The Morgan fingerprint density at radius 3 is 2.78 bits per heavy atom. The van der Waals surface area contributed by atoms with E-state index in [1.807, 2.05) is 19.9 Å². The predicted molar refractivity (Wildman–Crippen MR) is 94.1 cm³/mol. The number of halogens is 2. The fourth-order valence-electron chi connectivity index (χ4n) is 2.00. The van der Waals surface area contributed by atoms with E-state index in [0.717, 1.165) is 9.75 Å². The predicted octanol–water partition coefficient (Wildman–Crippen LogP) is 3.84. The number of rotatable bonds is 6. The Hall–Kier alpha value is -1.27. The Morgan fingerprint density at radius 2 is 2.13 bits per heavy atom. The molecule has 1 amide bonds. The van der Waals surface area contributed by atoms with Crippen LogP contribution in [0.2, 0.25) is 10.0 Å². The van der Waals surface area contributed by atoms with Crippen LogP contribution in [0, 0.1) is 13.8 Å². The molecule has 0 spiro atoms. The third-order valence-electron chi connectivity index (χ3n) is 3.13. The van der Waals surface area contributed by atoms with Crippen molar-refractivity contribution in [2.24, 2.45) is 0 Å². The fourth-order valence-corrected chi connectivity index (χ4v) is 3.27. The summed E-state index contributed by atoms with van der Waals surface area (Å²) in [5.41, 5.74) is 0.638. The molecule has 1 aromatic carbocycles. The van der Waals surface area contributed by atoms with Crippen LogP contribution in [-0.4, -0.2) is 30.3 Å². The van der Waals surface area contributed by atoms with Crippen molar-refractivity contribution in [1.82, 2.24) is 5.32 Å². The monoisotopic (exact) mass is 373 g/mol. The van der Waals surface area contributed by atoms with Crippen LogP contribution in [0.1, 0.15) is 20.1 Å². The minimum Gasteiger partial charge on any atom is -0.489 e. The lowest BCUT2D eigenvalue weighted by molar-refractivity contribution is 0.0844. The van der Waals surface area contributed by atoms with E-state index >= 15 is 0 Å². The Morgan fingerprint density at radius 1 is 1.39 bits per heavy atom. The van der Waals surface area contributed by atoms with Gasteiger partial charge in [0.05, 0.1) is 10.6 Å². The van der Waals surface area contributed by atoms with E-state index in [1.165, 1.54) is 0 Å². The van der Waals surface area contributed by atoms with Gasteiger partial charge in [-0.3, -0.25) is 4.79 Å². The molecule has 124 valence electrons. The average Bonchev–Trinajstić information content (AvgIpc) is 2.85. The van der Waals surface area contributed by atoms with Gasteiger partial charge in [0.2, 0.25) is 0 Å². The number of benzene rings is 1. The molecule has 0 fully saturated rings. The lowest BCUT2D eigenvalue weighted by atomic mass is 10.2. The highest BCUT2D eigenvalue weighted by molar-refractivity contribution is 7.12. The van der Waals surface area contributed by atoms with E-state index in [-0.39, 0.29) is 19.1 Å². The number of nitrogens with one attached hydrogen (secondary N) is 1. The first-order valence-corrected chi connectivity index (χ1v) is 8.56. The third kappa shape index (κ3) is 4.85. The van der Waals surface area contributed by atoms with Crippen LogP contribution in [0.3, 0.4) is 0 Å². The maximum absolute atomic E-state index is 12.1. The smallest absolute Gasteiger partial charge is 0.252 e. The van der Waals surface area contributed by atoms with Gasteiger partial charge in [-0.15, -0.1) is 11.3 Å². The van der Waals surface area contributed by atoms with E-state index in [9.17, 15) is 9.90 Å². The molecule has 2 N–H and O–H groups in total. The Balaban J connectivity index is 1.83. The topological polar surface area (TPSA) is 58.6 Å². The van der Waals surface area contributed by atoms with Crippen molar-refractivity contribution in [2.75, 3.05) is 13.2 Å². The summed E-state index contributed by atoms with van der Waals surface area (Å²) >= 11 is 13.4. The van der Waals surface area contributed by atoms with Crippen LogP contribution in [0.15, 0.2) is 24.3 Å². The molecule has 1 unspecified atom stereocenters. The van der Waals surface area contributed by atoms with Gasteiger partial charge in [-0.1, -0.05) is 29.3 Å². The van der Waals surface area contributed by atoms with Gasteiger partial charge in [-0.25, -0.2) is 0 Å². The lowest BCUT2D eigenvalue weighted by Gasteiger charge is -2.14. The summed E-state index contributed by atoms with van der Waals surface area (Å²) < 4.78 is 5.43. The minimum absolute atomic E-state index is 0.00197. The summed E-state index contributed by atoms with van der Waals surface area (Å²) in [5.74, 6) is 0.195. The van der Waals surface area contributed by atoms with Crippen LogP contribution >= 0.6 is 34.5 Å². The number of ether oxygens (including phenoxy) is 1. The highest BCUT2D eigenvalue weighted by Crippen LogP contribution is 2.31. The molecule has 0 aliphatic rings. The molecule has 2 aromatic rings. The van der Waals surface area contributed by atoms with E-state index in [4.69, 9.17) is 27.9 Å². The molecule has 4 nitrogen and oxygen atoms in total. The fraction of sp³-hybridized carbons (Fsp3) is 0.312. The summed E-state index contributed by atoms with van der Waals surface area (Å²) in [6.45, 7) is 3.94. The van der Waals surface area contributed by atoms with Gasteiger partial charge < -0.3 is 15.2 Å². The molecule has 0 bridgehead atoms. The second-order valence-corrected chi connectivity index (χ2v) is 7.30. The standard InChI is InChI=1S/C16H17Cl2NO3S/c1-9-6-12(10(2)23-9)16(21)19-7-11(20)8-22-14-5-3-4-13(17)15(14)18/h3-6,11,20H,7-8H2,1-2H3,(H,19,21). The van der Waals surface area contributed by atoms with E-state index in [2.05, 4.69) is 5.32 Å². The molecule has 0 aliphatic carbocycles. The highest BCUT2D eigenvalue weighted by atomic mass is 35.5. The molecule has 0 saturated carbocycles. The Labute approximate surface area is 149 Å². The number of thiophene rings is 1. The summed E-state index contributed by atoms with van der Waals surface area (Å²) in [5, 5.41) is 13.3. The van der Waals surface area contributed by atoms with Gasteiger partial charge in [0.15, 0.2) is 0 Å². The third-order valence-corrected chi connectivity index (χ3v) is 4.90. The van der Waals surface area contributed by atoms with E-state index in [1.54, 1.807) is 29.5 Å². The van der Waals surface area contributed by atoms with Crippen molar-refractivity contribution in [2.45, 2.75) is 20.0 Å². The van der Waals surface area contributed by atoms with Gasteiger partial charge in [0.25, 0.3) is 5.91 Å². The quantitative estimate of drug-likeness (QED) is 0.808. The Bertz CT molecular complexity index is 703. The molecular weight excluding hydrogens is 357 g/mol. The van der Waals surface area contributed by atoms with Crippen molar-refractivity contribution in [3.05, 3.63) is 49.6 Å². The SMILES string of the molecule is Cc1cc(C(=O)NCC(O)COc2cccc(Cl)c2Cl)c(C)s1. The largest absolute Gasteiger partial charge is 0.489 e. The second-order valence-electron chi connectivity index (χ2n) is 5.05. The van der Waals surface area contributed by atoms with E-state index in [0.29, 0.717) is 21.4 Å². The summed E-state index contributed by atoms with van der Waals surface area (Å²) in [4.78, 5) is 14.1. The first-order valence-electron chi connectivity index (χ1n) is 6.98. The van der Waals surface area contributed by atoms with Crippen LogP contribution in [0.25, 0.3) is 0 Å². The number of aliphatic hydroxyl groups is 1. The van der Waals surface area contributed by atoms with Crippen molar-refractivity contribution >= 4 is 40.4 Å². The van der Waals surface area contributed by atoms with Crippen molar-refractivity contribution in [3.63, 3.8) is 0 Å². The van der Waals surface area contributed by atoms with Crippen LogP contribution < -0.4 is 10.1 Å². The van der Waals surface area contributed by atoms with Gasteiger partial charge >= 0.3 is 0 Å². The average molecular weight is 374 g/mol. The van der Waals surface area contributed by atoms with Gasteiger partial charge in [0, 0.05) is 16.3 Å². The zero-order valence-electron chi connectivity index (χ0n) is 12.7. The zero-order valence-corrected chi connectivity index (χ0v) is 15.1. The molecule has 1 aromatic heterocycles. The first kappa shape index (κ1) is 18.1. The van der Waals surface area contributed by atoms with Gasteiger partial charge in [-0.2, -0.15) is 0 Å². The van der Waals surface area contributed by atoms with Crippen LogP contribution in [0.4, 0.5) is 0 Å². The molecule has 2 rings (SSSR count). The molecule has 1 atom stereocenters. The molecule has 0 radical (unpaired) electrons. The molecule has 23 heavy (non-hydrogen) atoms. The highest BCUT2D eigenvalue weighted by Gasteiger charge is 2.14. The maximum atomic E-state index is 12.1. The summed E-state index contributed by atoms with van der Waals surface area (Å²) in [7, 11) is 0. The van der Waals surface area contributed by atoms with Gasteiger partial charge in [-0.05, 0) is 32.0 Å². The zero-order chi connectivity index (χ0) is 17.0. The number of aryl methyl sites for hydroxylation is 2. The second kappa shape index (κ2) is 8.02. The Kier molecular flexibility index (Phi) is 6.30. The number of hydrogen-bond donors (Lipinski definition) is 2. The lowest BCUT2D eigenvalue weighted by Crippen LogP contribution is -2.35. The molecule has 0 aliphatic heterocycles. The van der Waals surface area contributed by atoms with E-state index < -0.39 is 6.10 Å². The summed E-state index contributed by atoms with van der Waals surface area (Å²) in [6, 6.07) is 6.86. The maximum Gasteiger partial charge on any atom is 0.252 e. The molecule has 1 heterocycles.